The van der Waals surface area contributed by atoms with Gasteiger partial charge < -0.3 is 14.9 Å². The maximum Gasteiger partial charge on any atom is 0.273 e. The molecular formula is C16H16N2O3. The van der Waals surface area contributed by atoms with Crippen molar-refractivity contribution < 1.29 is 14.4 Å². The van der Waals surface area contributed by atoms with Crippen molar-refractivity contribution in [3.05, 3.63) is 53.4 Å². The Morgan fingerprint density at radius 2 is 2.14 bits per heavy atom. The van der Waals surface area contributed by atoms with Gasteiger partial charge in [-0.3, -0.25) is 4.79 Å². The van der Waals surface area contributed by atoms with Crippen LogP contribution in [0.2, 0.25) is 0 Å². The standard InChI is InChI=1S/C16H16N2O3/c1-12(17-16(20)15-9-11-21-18-15)14-7-5-13(6-8-14)4-2-3-10-19/h5-9,11-12,19H,3,10H2,1H3,(H,17,20). The molecule has 0 bridgehead atoms. The van der Waals surface area contributed by atoms with E-state index in [-0.39, 0.29) is 24.2 Å². The second-order valence-electron chi connectivity index (χ2n) is 4.48. The average Bonchev–Trinajstić information content (AvgIpc) is 3.02. The summed E-state index contributed by atoms with van der Waals surface area (Å²) in [5.74, 6) is 5.54. The molecule has 5 heteroatoms. The Kier molecular flexibility index (Phi) is 5.13. The first-order chi connectivity index (χ1) is 10.2. The molecule has 1 heterocycles. The van der Waals surface area contributed by atoms with E-state index >= 15 is 0 Å². The van der Waals surface area contributed by atoms with E-state index in [1.807, 2.05) is 31.2 Å². The first-order valence-electron chi connectivity index (χ1n) is 6.61. The Bertz CT molecular complexity index is 636. The summed E-state index contributed by atoms with van der Waals surface area (Å²) in [4.78, 5) is 11.9. The molecule has 21 heavy (non-hydrogen) atoms. The minimum absolute atomic E-state index is 0.0657. The van der Waals surface area contributed by atoms with Gasteiger partial charge in [-0.1, -0.05) is 29.1 Å². The number of amides is 1. The van der Waals surface area contributed by atoms with Crippen molar-refractivity contribution >= 4 is 5.91 Å². The SMILES string of the molecule is CC(NC(=O)c1ccon1)c1ccc(C#CCCO)cc1. The molecule has 108 valence electrons. The van der Waals surface area contributed by atoms with Crippen LogP contribution in [0, 0.1) is 11.8 Å². The molecule has 1 aromatic carbocycles. The molecular weight excluding hydrogens is 268 g/mol. The minimum atomic E-state index is -0.275. The lowest BCUT2D eigenvalue weighted by atomic mass is 10.1. The quantitative estimate of drug-likeness (QED) is 0.841. The van der Waals surface area contributed by atoms with Crippen LogP contribution < -0.4 is 5.32 Å². The number of aliphatic hydroxyl groups excluding tert-OH is 1. The molecule has 0 fully saturated rings. The van der Waals surface area contributed by atoms with Crippen LogP contribution >= 0.6 is 0 Å². The number of carbonyl (C=O) groups excluding carboxylic acids is 1. The maximum atomic E-state index is 11.9. The van der Waals surface area contributed by atoms with Crippen LogP contribution in [0.1, 0.15) is 41.0 Å². The highest BCUT2D eigenvalue weighted by Gasteiger charge is 2.13. The van der Waals surface area contributed by atoms with Crippen LogP contribution in [0.25, 0.3) is 0 Å². The van der Waals surface area contributed by atoms with Gasteiger partial charge in [-0.15, -0.1) is 0 Å². The van der Waals surface area contributed by atoms with E-state index in [0.717, 1.165) is 11.1 Å². The van der Waals surface area contributed by atoms with E-state index < -0.39 is 0 Å². The molecule has 0 aliphatic carbocycles. The van der Waals surface area contributed by atoms with Gasteiger partial charge in [0.25, 0.3) is 5.91 Å². The summed E-state index contributed by atoms with van der Waals surface area (Å²) in [5.41, 5.74) is 2.11. The Morgan fingerprint density at radius 3 is 2.76 bits per heavy atom. The lowest BCUT2D eigenvalue weighted by molar-refractivity contribution is 0.0930. The number of rotatable bonds is 4. The molecule has 0 aliphatic heterocycles. The second-order valence-corrected chi connectivity index (χ2v) is 4.48. The van der Waals surface area contributed by atoms with Crippen LogP contribution in [0.3, 0.4) is 0 Å². The van der Waals surface area contributed by atoms with E-state index in [9.17, 15) is 4.79 Å². The topological polar surface area (TPSA) is 75.4 Å². The number of hydrogen-bond donors (Lipinski definition) is 2. The Hall–Kier alpha value is -2.58. The number of carbonyl (C=O) groups is 1. The fraction of sp³-hybridized carbons (Fsp3) is 0.250. The number of benzene rings is 1. The lowest BCUT2D eigenvalue weighted by Crippen LogP contribution is -2.26. The highest BCUT2D eigenvalue weighted by Crippen LogP contribution is 2.13. The predicted octanol–water partition coefficient (Wildman–Crippen LogP) is 1.90. The zero-order valence-corrected chi connectivity index (χ0v) is 11.7. The van der Waals surface area contributed by atoms with E-state index in [1.165, 1.54) is 12.3 Å². The summed E-state index contributed by atoms with van der Waals surface area (Å²) < 4.78 is 4.64. The fourth-order valence-electron chi connectivity index (χ4n) is 1.76. The van der Waals surface area contributed by atoms with Crippen molar-refractivity contribution in [1.29, 1.82) is 0 Å². The smallest absolute Gasteiger partial charge is 0.273 e. The number of hydrogen-bond acceptors (Lipinski definition) is 4. The van der Waals surface area contributed by atoms with E-state index in [2.05, 4.69) is 26.8 Å². The monoisotopic (exact) mass is 284 g/mol. The van der Waals surface area contributed by atoms with Crippen LogP contribution in [-0.4, -0.2) is 22.8 Å². The summed E-state index contributed by atoms with van der Waals surface area (Å²) in [6.45, 7) is 1.96. The van der Waals surface area contributed by atoms with Crippen molar-refractivity contribution in [1.82, 2.24) is 10.5 Å². The van der Waals surface area contributed by atoms with Crippen molar-refractivity contribution in [2.75, 3.05) is 6.61 Å². The van der Waals surface area contributed by atoms with Crippen LogP contribution in [0.15, 0.2) is 41.1 Å². The largest absolute Gasteiger partial charge is 0.395 e. The van der Waals surface area contributed by atoms with Gasteiger partial charge in [0, 0.05) is 18.1 Å². The van der Waals surface area contributed by atoms with Gasteiger partial charge in [-0.05, 0) is 24.6 Å². The van der Waals surface area contributed by atoms with E-state index in [4.69, 9.17) is 5.11 Å². The summed E-state index contributed by atoms with van der Waals surface area (Å²) >= 11 is 0. The third kappa shape index (κ3) is 4.20. The van der Waals surface area contributed by atoms with Gasteiger partial charge in [0.15, 0.2) is 5.69 Å². The fourth-order valence-corrected chi connectivity index (χ4v) is 1.76. The predicted molar refractivity (Wildman–Crippen MR) is 77.4 cm³/mol. The van der Waals surface area contributed by atoms with Crippen molar-refractivity contribution in [3.8, 4) is 11.8 Å². The maximum absolute atomic E-state index is 11.9. The summed E-state index contributed by atoms with van der Waals surface area (Å²) in [7, 11) is 0. The minimum Gasteiger partial charge on any atom is -0.395 e. The van der Waals surface area contributed by atoms with Gasteiger partial charge in [-0.2, -0.15) is 0 Å². The second kappa shape index (κ2) is 7.27. The number of nitrogens with zero attached hydrogens (tertiary/aromatic N) is 1. The molecule has 2 N–H and O–H groups in total. The normalized spacial score (nSPS) is 11.3. The van der Waals surface area contributed by atoms with Gasteiger partial charge >= 0.3 is 0 Å². The summed E-state index contributed by atoms with van der Waals surface area (Å²) in [6.07, 6.45) is 1.82. The molecule has 1 unspecified atom stereocenters. The van der Waals surface area contributed by atoms with Gasteiger partial charge in [0.2, 0.25) is 0 Å². The molecule has 2 aromatic rings. The van der Waals surface area contributed by atoms with Crippen molar-refractivity contribution in [2.45, 2.75) is 19.4 Å². The van der Waals surface area contributed by atoms with Crippen LogP contribution in [-0.2, 0) is 0 Å². The Balaban J connectivity index is 1.98. The summed E-state index contributed by atoms with van der Waals surface area (Å²) in [5, 5.41) is 15.1. The van der Waals surface area contributed by atoms with E-state index in [0.29, 0.717) is 6.42 Å². The Morgan fingerprint density at radius 1 is 1.38 bits per heavy atom. The van der Waals surface area contributed by atoms with Gasteiger partial charge in [-0.25, -0.2) is 0 Å². The number of nitrogens with one attached hydrogen (secondary N) is 1. The molecule has 0 saturated carbocycles. The highest BCUT2D eigenvalue weighted by molar-refractivity contribution is 5.92. The molecule has 0 saturated heterocycles. The Labute approximate surface area is 123 Å². The van der Waals surface area contributed by atoms with E-state index in [1.54, 1.807) is 0 Å². The van der Waals surface area contributed by atoms with Gasteiger partial charge in [0.1, 0.15) is 6.26 Å². The molecule has 5 nitrogen and oxygen atoms in total. The molecule has 1 aromatic heterocycles. The first-order valence-corrected chi connectivity index (χ1v) is 6.61. The molecule has 0 spiro atoms. The molecule has 1 atom stereocenters. The van der Waals surface area contributed by atoms with Crippen LogP contribution in [0.5, 0.6) is 0 Å². The first kappa shape index (κ1) is 14.8. The van der Waals surface area contributed by atoms with Gasteiger partial charge in [0.05, 0.1) is 12.6 Å². The molecule has 2 rings (SSSR count). The number of aliphatic hydroxyl groups is 1. The third-order valence-electron chi connectivity index (χ3n) is 2.90. The lowest BCUT2D eigenvalue weighted by Gasteiger charge is -2.13. The number of aromatic nitrogens is 1. The van der Waals surface area contributed by atoms with Crippen LogP contribution in [0.4, 0.5) is 0 Å². The molecule has 1 amide bonds. The summed E-state index contributed by atoms with van der Waals surface area (Å²) in [6, 6.07) is 8.97. The molecule has 0 aliphatic rings. The zero-order chi connectivity index (χ0) is 15.1. The average molecular weight is 284 g/mol. The van der Waals surface area contributed by atoms with Crippen molar-refractivity contribution in [2.24, 2.45) is 0 Å². The third-order valence-corrected chi connectivity index (χ3v) is 2.90. The zero-order valence-electron chi connectivity index (χ0n) is 11.7. The molecule has 0 radical (unpaired) electrons. The van der Waals surface area contributed by atoms with Crippen molar-refractivity contribution in [3.63, 3.8) is 0 Å². The highest BCUT2D eigenvalue weighted by atomic mass is 16.5.